The van der Waals surface area contributed by atoms with Gasteiger partial charge in [0.05, 0.1) is 38.6 Å². The lowest BCUT2D eigenvalue weighted by Gasteiger charge is -2.46. The number of hydrogen-bond acceptors (Lipinski definition) is 7. The highest BCUT2D eigenvalue weighted by atomic mass is 35.5. The van der Waals surface area contributed by atoms with Gasteiger partial charge in [-0.2, -0.15) is 5.26 Å². The van der Waals surface area contributed by atoms with E-state index < -0.39 is 17.0 Å². The molecule has 0 radical (unpaired) electrons. The third-order valence-electron chi connectivity index (χ3n) is 8.92. The summed E-state index contributed by atoms with van der Waals surface area (Å²) >= 11 is 14.3. The Bertz CT molecular complexity index is 1660. The van der Waals surface area contributed by atoms with Crippen LogP contribution < -0.4 is 0 Å². The van der Waals surface area contributed by atoms with Gasteiger partial charge in [0.2, 0.25) is 0 Å². The maximum Gasteiger partial charge on any atom is 0.151 e. The van der Waals surface area contributed by atoms with Crippen LogP contribution in [0.25, 0.3) is 21.5 Å². The van der Waals surface area contributed by atoms with Crippen LogP contribution in [0.5, 0.6) is 0 Å². The number of nitrogens with zero attached hydrogens (tertiary/aromatic N) is 3. The fourth-order valence-corrected chi connectivity index (χ4v) is 8.65. The molecular weight excluding hydrogens is 572 g/mol. The summed E-state index contributed by atoms with van der Waals surface area (Å²) in [6, 6.07) is 10.2. The molecule has 2 unspecified atom stereocenters. The van der Waals surface area contributed by atoms with Crippen molar-refractivity contribution in [3.63, 3.8) is 0 Å². The summed E-state index contributed by atoms with van der Waals surface area (Å²) in [6.45, 7) is 2.39. The molecule has 6 nitrogen and oxygen atoms in total. The number of benzene rings is 2. The lowest BCUT2D eigenvalue weighted by atomic mass is 9.68. The molecule has 0 aliphatic heterocycles. The number of nitriles is 1. The molecule has 3 saturated carbocycles. The highest BCUT2D eigenvalue weighted by molar-refractivity contribution is 7.18. The van der Waals surface area contributed by atoms with Gasteiger partial charge in [0.1, 0.15) is 27.6 Å². The molecule has 2 aromatic heterocycles. The van der Waals surface area contributed by atoms with Gasteiger partial charge in [-0.25, -0.2) is 9.37 Å². The van der Waals surface area contributed by atoms with Crippen LogP contribution in [0, 0.1) is 29.0 Å². The molecule has 0 amide bonds. The van der Waals surface area contributed by atoms with Gasteiger partial charge in [-0.1, -0.05) is 34.4 Å². The Hall–Kier alpha value is -2.54. The molecule has 2 aromatic carbocycles. The first-order valence-corrected chi connectivity index (χ1v) is 15.1. The van der Waals surface area contributed by atoms with Gasteiger partial charge in [0.15, 0.2) is 5.82 Å². The lowest BCUT2D eigenvalue weighted by molar-refractivity contribution is -0.158. The van der Waals surface area contributed by atoms with E-state index in [1.807, 2.05) is 6.07 Å². The largest absolute Gasteiger partial charge is 0.382 e. The molecule has 10 heteroatoms. The van der Waals surface area contributed by atoms with Crippen LogP contribution in [0.3, 0.4) is 0 Å². The van der Waals surface area contributed by atoms with E-state index in [1.54, 1.807) is 24.3 Å². The Labute approximate surface area is 244 Å². The van der Waals surface area contributed by atoms with Gasteiger partial charge in [-0.3, -0.25) is 0 Å². The second kappa shape index (κ2) is 9.50. The summed E-state index contributed by atoms with van der Waals surface area (Å²) in [5, 5.41) is 27.2. The van der Waals surface area contributed by atoms with Crippen LogP contribution in [0.4, 0.5) is 4.39 Å². The summed E-state index contributed by atoms with van der Waals surface area (Å²) in [4.78, 5) is 4.56. The van der Waals surface area contributed by atoms with Crippen LogP contribution >= 0.6 is 34.5 Å². The van der Waals surface area contributed by atoms with Gasteiger partial charge in [-0.05, 0) is 81.5 Å². The van der Waals surface area contributed by atoms with E-state index >= 15 is 0 Å². The van der Waals surface area contributed by atoms with E-state index in [-0.39, 0.29) is 22.9 Å². The van der Waals surface area contributed by atoms with E-state index in [2.05, 4.69) is 17.1 Å². The standard InChI is InChI=1S/C30H26Cl2FN3O3S/c1-29(38-14-19-25(36-39-27(19)16-5-6-16)24-20(31)3-2-4-21(24)32)11-17-7-8-18(12-29)30(17,37)28-35-26-22(33)9-15(13-34)10-23(26)40-28/h2-4,9-10,16-18,37H,5-8,11-12,14H2,1H3. The lowest BCUT2D eigenvalue weighted by Crippen LogP contribution is -2.49. The summed E-state index contributed by atoms with van der Waals surface area (Å²) in [5.74, 6) is 0.447. The summed E-state index contributed by atoms with van der Waals surface area (Å²) in [7, 11) is 0. The predicted molar refractivity (Wildman–Crippen MR) is 151 cm³/mol. The van der Waals surface area contributed by atoms with Crippen molar-refractivity contribution in [1.29, 1.82) is 5.26 Å². The number of thiazole rings is 1. The van der Waals surface area contributed by atoms with Crippen molar-refractivity contribution < 1.29 is 18.8 Å². The summed E-state index contributed by atoms with van der Waals surface area (Å²) in [5.41, 5.74) is 0.947. The maximum absolute atomic E-state index is 14.7. The minimum Gasteiger partial charge on any atom is -0.382 e. The Kier molecular flexibility index (Phi) is 6.26. The highest BCUT2D eigenvalue weighted by Gasteiger charge is 2.59. The van der Waals surface area contributed by atoms with Crippen molar-refractivity contribution in [3.8, 4) is 17.3 Å². The second-order valence-electron chi connectivity index (χ2n) is 11.6. The number of aliphatic hydroxyl groups is 1. The van der Waals surface area contributed by atoms with E-state index in [0.29, 0.717) is 56.4 Å². The third-order valence-corrected chi connectivity index (χ3v) is 10.7. The van der Waals surface area contributed by atoms with E-state index in [4.69, 9.17) is 32.5 Å². The number of fused-ring (bicyclic) bond motifs is 3. The molecule has 206 valence electrons. The minimum absolute atomic E-state index is 0.0850. The van der Waals surface area contributed by atoms with Gasteiger partial charge in [-0.15, -0.1) is 11.3 Å². The van der Waals surface area contributed by atoms with Crippen molar-refractivity contribution in [3.05, 3.63) is 68.1 Å². The Balaban J connectivity index is 1.17. The zero-order chi connectivity index (χ0) is 27.8. The summed E-state index contributed by atoms with van der Waals surface area (Å²) < 4.78 is 27.7. The Morgan fingerprint density at radius 2 is 1.88 bits per heavy atom. The van der Waals surface area contributed by atoms with Crippen molar-refractivity contribution >= 4 is 44.8 Å². The molecular formula is C30H26Cl2FN3O3S. The SMILES string of the molecule is CC1(OCc2c(-c3c(Cl)cccc3Cl)noc2C2CC2)CC2CCC(C1)C2(O)c1nc2c(F)cc(C#N)cc2s1. The Morgan fingerprint density at radius 3 is 2.52 bits per heavy atom. The zero-order valence-corrected chi connectivity index (χ0v) is 24.0. The van der Waals surface area contributed by atoms with E-state index in [1.165, 1.54) is 17.4 Å². The summed E-state index contributed by atoms with van der Waals surface area (Å²) in [6.07, 6.45) is 5.03. The maximum atomic E-state index is 14.7. The first-order chi connectivity index (χ1) is 19.2. The predicted octanol–water partition coefficient (Wildman–Crippen LogP) is 8.13. The van der Waals surface area contributed by atoms with Gasteiger partial charge in [0.25, 0.3) is 0 Å². The van der Waals surface area contributed by atoms with Crippen LogP contribution in [0.1, 0.15) is 73.3 Å². The molecule has 2 heterocycles. The highest BCUT2D eigenvalue weighted by Crippen LogP contribution is 2.59. The molecule has 3 aliphatic carbocycles. The molecule has 2 atom stereocenters. The fourth-order valence-electron chi connectivity index (χ4n) is 6.80. The molecule has 40 heavy (non-hydrogen) atoms. The smallest absolute Gasteiger partial charge is 0.151 e. The van der Waals surface area contributed by atoms with E-state index in [9.17, 15) is 14.8 Å². The average Bonchev–Trinajstić information content (AvgIpc) is 3.48. The van der Waals surface area contributed by atoms with Crippen molar-refractivity contribution in [2.45, 2.75) is 69.2 Å². The van der Waals surface area contributed by atoms with Crippen LogP contribution in [-0.4, -0.2) is 20.8 Å². The molecule has 0 saturated heterocycles. The molecule has 4 aromatic rings. The van der Waals surface area contributed by atoms with Gasteiger partial charge >= 0.3 is 0 Å². The molecule has 7 rings (SSSR count). The molecule has 1 N–H and O–H groups in total. The van der Waals surface area contributed by atoms with Gasteiger partial charge in [0, 0.05) is 17.0 Å². The van der Waals surface area contributed by atoms with E-state index in [0.717, 1.165) is 37.0 Å². The van der Waals surface area contributed by atoms with Crippen molar-refractivity contribution in [1.82, 2.24) is 10.1 Å². The number of hydrogen-bond donors (Lipinski definition) is 1. The average molecular weight is 599 g/mol. The molecule has 2 bridgehead atoms. The number of ether oxygens (including phenoxy) is 1. The first-order valence-electron chi connectivity index (χ1n) is 13.5. The molecule has 0 spiro atoms. The van der Waals surface area contributed by atoms with Crippen molar-refractivity contribution in [2.75, 3.05) is 0 Å². The van der Waals surface area contributed by atoms with Gasteiger partial charge < -0.3 is 14.4 Å². The zero-order valence-electron chi connectivity index (χ0n) is 21.7. The minimum atomic E-state index is -1.15. The number of rotatable bonds is 6. The molecule has 3 fully saturated rings. The fraction of sp³-hybridized carbons (Fsp3) is 0.433. The third kappa shape index (κ3) is 4.17. The Morgan fingerprint density at radius 1 is 1.18 bits per heavy atom. The van der Waals surface area contributed by atoms with Crippen LogP contribution in [0.15, 0.2) is 34.9 Å². The van der Waals surface area contributed by atoms with Crippen LogP contribution in [-0.2, 0) is 16.9 Å². The number of halogens is 3. The monoisotopic (exact) mass is 597 g/mol. The first kappa shape index (κ1) is 26.4. The van der Waals surface area contributed by atoms with Crippen LogP contribution in [0.2, 0.25) is 10.0 Å². The second-order valence-corrected chi connectivity index (χ2v) is 13.5. The molecule has 3 aliphatic rings. The normalized spacial score (nSPS) is 27.8. The number of aromatic nitrogens is 2. The quantitative estimate of drug-likeness (QED) is 0.241. The topological polar surface area (TPSA) is 92.2 Å². The van der Waals surface area contributed by atoms with Crippen molar-refractivity contribution in [2.24, 2.45) is 11.8 Å².